The second-order valence-corrected chi connectivity index (χ2v) is 10.5. The Bertz CT molecular complexity index is 1060. The minimum Gasteiger partial charge on any atom is -0.338 e. The zero-order valence-corrected chi connectivity index (χ0v) is 18.6. The average Bonchev–Trinajstić information content (AvgIpc) is 3.06. The van der Waals surface area contributed by atoms with Gasteiger partial charge in [0, 0.05) is 31.7 Å². The van der Waals surface area contributed by atoms with Crippen LogP contribution in [0.25, 0.3) is 0 Å². The summed E-state index contributed by atoms with van der Waals surface area (Å²) >= 11 is 1.18. The average molecular weight is 454 g/mol. The van der Waals surface area contributed by atoms with Gasteiger partial charge in [-0.05, 0) is 49.6 Å². The summed E-state index contributed by atoms with van der Waals surface area (Å²) in [5.74, 6) is -1.07. The lowest BCUT2D eigenvalue weighted by molar-refractivity contribution is 0.0690. The number of likely N-dealkylation sites (tertiary alicyclic amines) is 1. The lowest BCUT2D eigenvalue weighted by Crippen LogP contribution is -2.46. The molecule has 0 spiro atoms. The molecule has 1 N–H and O–H groups in total. The van der Waals surface area contributed by atoms with Crippen LogP contribution in [-0.2, 0) is 10.0 Å². The Hall–Kier alpha value is -2.30. The maximum Gasteiger partial charge on any atom is 0.264 e. The number of hydrogen-bond donors (Lipinski definition) is 1. The molecule has 1 aromatic carbocycles. The van der Waals surface area contributed by atoms with Gasteiger partial charge in [-0.1, -0.05) is 6.07 Å². The van der Waals surface area contributed by atoms with E-state index in [1.807, 2.05) is 0 Å². The first-order valence-corrected chi connectivity index (χ1v) is 12.1. The maximum atomic E-state index is 13.3. The number of rotatable bonds is 5. The molecule has 7 nitrogen and oxygen atoms in total. The lowest BCUT2D eigenvalue weighted by Gasteiger charge is -2.35. The third-order valence-corrected chi connectivity index (χ3v) is 7.71. The first-order chi connectivity index (χ1) is 14.1. The van der Waals surface area contributed by atoms with Gasteiger partial charge in [-0.25, -0.2) is 17.1 Å². The standard InChI is InChI=1S/C20H24FN3O4S2/c1-13-11-17(22-19(25)14-5-4-6-15(21)12-14)29-18(13)20(26)24-9-7-16(8-10-24)23(2)30(3,27)28/h4-6,11-12,16H,7-10H2,1-3H3,(H,22,25). The van der Waals surface area contributed by atoms with E-state index in [9.17, 15) is 22.4 Å². The molecule has 2 aromatic rings. The number of nitrogens with zero attached hydrogens (tertiary/aromatic N) is 2. The number of aryl methyl sites for hydroxylation is 1. The van der Waals surface area contributed by atoms with Crippen LogP contribution < -0.4 is 5.32 Å². The number of carbonyl (C=O) groups excluding carboxylic acids is 2. The van der Waals surface area contributed by atoms with Gasteiger partial charge in [0.25, 0.3) is 11.8 Å². The summed E-state index contributed by atoms with van der Waals surface area (Å²) in [6, 6.07) is 7.00. The summed E-state index contributed by atoms with van der Waals surface area (Å²) in [4.78, 5) is 27.5. The number of nitrogens with one attached hydrogen (secondary N) is 1. The summed E-state index contributed by atoms with van der Waals surface area (Å²) < 4.78 is 38.1. The molecule has 3 rings (SSSR count). The van der Waals surface area contributed by atoms with Crippen molar-refractivity contribution < 1.29 is 22.4 Å². The van der Waals surface area contributed by atoms with Crippen LogP contribution in [0.3, 0.4) is 0 Å². The highest BCUT2D eigenvalue weighted by Gasteiger charge is 2.30. The van der Waals surface area contributed by atoms with Crippen LogP contribution in [0.2, 0.25) is 0 Å². The van der Waals surface area contributed by atoms with E-state index in [-0.39, 0.29) is 17.5 Å². The molecule has 0 unspecified atom stereocenters. The van der Waals surface area contributed by atoms with Crippen molar-refractivity contribution in [1.29, 1.82) is 0 Å². The van der Waals surface area contributed by atoms with E-state index in [4.69, 9.17) is 0 Å². The molecule has 10 heteroatoms. The fourth-order valence-corrected chi connectivity index (χ4v) is 5.20. The monoisotopic (exact) mass is 453 g/mol. The van der Waals surface area contributed by atoms with Crippen molar-refractivity contribution in [3.8, 4) is 0 Å². The zero-order valence-electron chi connectivity index (χ0n) is 17.0. The normalized spacial score (nSPS) is 15.4. The molecule has 0 saturated carbocycles. The fourth-order valence-electron chi connectivity index (χ4n) is 3.42. The Balaban J connectivity index is 1.65. The summed E-state index contributed by atoms with van der Waals surface area (Å²) in [6.45, 7) is 2.73. The predicted octanol–water partition coefficient (Wildman–Crippen LogP) is 2.94. The van der Waals surface area contributed by atoms with Crippen molar-refractivity contribution in [3.05, 3.63) is 52.2 Å². The van der Waals surface area contributed by atoms with Crippen molar-refractivity contribution in [1.82, 2.24) is 9.21 Å². The molecule has 2 amide bonds. The summed E-state index contributed by atoms with van der Waals surface area (Å²) in [7, 11) is -1.70. The second kappa shape index (κ2) is 8.83. The zero-order chi connectivity index (χ0) is 22.1. The van der Waals surface area contributed by atoms with E-state index in [0.29, 0.717) is 35.8 Å². The van der Waals surface area contributed by atoms with E-state index in [0.717, 1.165) is 11.6 Å². The Morgan fingerprint density at radius 3 is 2.50 bits per heavy atom. The molecule has 0 radical (unpaired) electrons. The molecule has 0 bridgehead atoms. The van der Waals surface area contributed by atoms with E-state index in [2.05, 4.69) is 5.32 Å². The fraction of sp³-hybridized carbons (Fsp3) is 0.400. The Labute approximate surface area is 179 Å². The first-order valence-electron chi connectivity index (χ1n) is 9.46. The minimum absolute atomic E-state index is 0.116. The van der Waals surface area contributed by atoms with Gasteiger partial charge >= 0.3 is 0 Å². The third kappa shape index (κ3) is 5.05. The van der Waals surface area contributed by atoms with Crippen LogP contribution in [0.4, 0.5) is 9.39 Å². The number of piperidine rings is 1. The molecule has 1 aromatic heterocycles. The van der Waals surface area contributed by atoms with Crippen LogP contribution in [0, 0.1) is 12.7 Å². The lowest BCUT2D eigenvalue weighted by atomic mass is 10.0. The number of halogens is 1. The Kier molecular flexibility index (Phi) is 6.59. The number of amides is 2. The SMILES string of the molecule is Cc1cc(NC(=O)c2cccc(F)c2)sc1C(=O)N1CCC(N(C)S(C)(=O)=O)CC1. The summed E-state index contributed by atoms with van der Waals surface area (Å²) in [5, 5.41) is 3.22. The van der Waals surface area contributed by atoms with Crippen molar-refractivity contribution in [2.45, 2.75) is 25.8 Å². The van der Waals surface area contributed by atoms with E-state index in [1.165, 1.54) is 40.1 Å². The third-order valence-electron chi connectivity index (χ3n) is 5.22. The van der Waals surface area contributed by atoms with Gasteiger partial charge in [-0.15, -0.1) is 11.3 Å². The number of carbonyl (C=O) groups is 2. The second-order valence-electron chi connectivity index (χ2n) is 7.39. The van der Waals surface area contributed by atoms with Crippen LogP contribution in [0.1, 0.15) is 38.4 Å². The highest BCUT2D eigenvalue weighted by molar-refractivity contribution is 7.88. The van der Waals surface area contributed by atoms with E-state index >= 15 is 0 Å². The van der Waals surface area contributed by atoms with Gasteiger partial charge in [0.1, 0.15) is 5.82 Å². The molecular weight excluding hydrogens is 429 g/mol. The van der Waals surface area contributed by atoms with Gasteiger partial charge in [-0.2, -0.15) is 0 Å². The van der Waals surface area contributed by atoms with Crippen LogP contribution in [0.15, 0.2) is 30.3 Å². The van der Waals surface area contributed by atoms with Gasteiger partial charge in [0.2, 0.25) is 10.0 Å². The number of benzene rings is 1. The topological polar surface area (TPSA) is 86.8 Å². The molecule has 162 valence electrons. The molecule has 30 heavy (non-hydrogen) atoms. The van der Waals surface area contributed by atoms with Gasteiger partial charge in [-0.3, -0.25) is 9.59 Å². The van der Waals surface area contributed by atoms with Crippen LogP contribution in [0.5, 0.6) is 0 Å². The molecular formula is C20H24FN3O4S2. The molecule has 1 fully saturated rings. The number of thiophene rings is 1. The maximum absolute atomic E-state index is 13.3. The predicted molar refractivity (Wildman–Crippen MR) is 115 cm³/mol. The van der Waals surface area contributed by atoms with Gasteiger partial charge in [0.15, 0.2) is 0 Å². The number of anilines is 1. The van der Waals surface area contributed by atoms with Crippen LogP contribution >= 0.6 is 11.3 Å². The van der Waals surface area contributed by atoms with Crippen molar-refractivity contribution in [2.24, 2.45) is 0 Å². The summed E-state index contributed by atoms with van der Waals surface area (Å²) in [6.07, 6.45) is 2.32. The minimum atomic E-state index is -3.26. The largest absolute Gasteiger partial charge is 0.338 e. The quantitative estimate of drug-likeness (QED) is 0.754. The molecule has 1 saturated heterocycles. The van der Waals surface area contributed by atoms with Gasteiger partial charge in [0.05, 0.1) is 16.1 Å². The van der Waals surface area contributed by atoms with Crippen molar-refractivity contribution in [2.75, 3.05) is 31.7 Å². The first kappa shape index (κ1) is 22.4. The Morgan fingerprint density at radius 1 is 1.23 bits per heavy atom. The smallest absolute Gasteiger partial charge is 0.264 e. The number of sulfonamides is 1. The summed E-state index contributed by atoms with van der Waals surface area (Å²) in [5.41, 5.74) is 0.945. The molecule has 0 aliphatic carbocycles. The molecule has 0 atom stereocenters. The van der Waals surface area contributed by atoms with Crippen LogP contribution in [-0.4, -0.2) is 61.9 Å². The molecule has 2 heterocycles. The van der Waals surface area contributed by atoms with E-state index in [1.54, 1.807) is 24.9 Å². The molecule has 1 aliphatic rings. The van der Waals surface area contributed by atoms with Crippen molar-refractivity contribution >= 4 is 38.2 Å². The highest BCUT2D eigenvalue weighted by Crippen LogP contribution is 2.29. The van der Waals surface area contributed by atoms with E-state index < -0.39 is 21.7 Å². The van der Waals surface area contributed by atoms with Crippen molar-refractivity contribution in [3.63, 3.8) is 0 Å². The van der Waals surface area contributed by atoms with Gasteiger partial charge < -0.3 is 10.2 Å². The Morgan fingerprint density at radius 2 is 1.90 bits per heavy atom. The molecule has 1 aliphatic heterocycles. The number of hydrogen-bond acceptors (Lipinski definition) is 5. The highest BCUT2D eigenvalue weighted by atomic mass is 32.2.